The number of rotatable bonds is 4. The molecule has 0 aliphatic carbocycles. The summed E-state index contributed by atoms with van der Waals surface area (Å²) in [5.41, 5.74) is 0.0177. The molecule has 1 unspecified atom stereocenters. The lowest BCUT2D eigenvalue weighted by Crippen LogP contribution is -2.47. The smallest absolute Gasteiger partial charge is 0.317 e. The SMILES string of the molecule is CNC(C)C(C)(C)CN1CCn2c(nnc2C(F)(F)F)C1. The number of nitrogens with zero attached hydrogens (tertiary/aromatic N) is 4. The van der Waals surface area contributed by atoms with Gasteiger partial charge in [0.25, 0.3) is 0 Å². The van der Waals surface area contributed by atoms with Crippen LogP contribution in [-0.4, -0.2) is 45.8 Å². The maximum Gasteiger partial charge on any atom is 0.451 e. The normalized spacial score (nSPS) is 18.6. The van der Waals surface area contributed by atoms with E-state index in [1.807, 2.05) is 7.05 Å². The monoisotopic (exact) mass is 305 g/mol. The summed E-state index contributed by atoms with van der Waals surface area (Å²) in [6.07, 6.45) is -4.44. The van der Waals surface area contributed by atoms with E-state index in [1.54, 1.807) is 0 Å². The van der Waals surface area contributed by atoms with Crippen LogP contribution in [0.4, 0.5) is 13.2 Å². The minimum Gasteiger partial charge on any atom is -0.317 e. The van der Waals surface area contributed by atoms with Gasteiger partial charge in [-0.15, -0.1) is 10.2 Å². The molecule has 2 heterocycles. The molecule has 0 fully saturated rings. The summed E-state index contributed by atoms with van der Waals surface area (Å²) in [5.74, 6) is -0.499. The highest BCUT2D eigenvalue weighted by molar-refractivity contribution is 5.02. The zero-order valence-corrected chi connectivity index (χ0v) is 12.8. The van der Waals surface area contributed by atoms with Gasteiger partial charge in [0.15, 0.2) is 0 Å². The maximum atomic E-state index is 12.8. The molecule has 21 heavy (non-hydrogen) atoms. The van der Waals surface area contributed by atoms with Crippen molar-refractivity contribution >= 4 is 0 Å². The molecule has 8 heteroatoms. The van der Waals surface area contributed by atoms with Crippen LogP contribution in [0.1, 0.15) is 32.4 Å². The van der Waals surface area contributed by atoms with E-state index < -0.39 is 12.0 Å². The summed E-state index contributed by atoms with van der Waals surface area (Å²) >= 11 is 0. The third-order valence-corrected chi connectivity index (χ3v) is 4.32. The first-order valence-corrected chi connectivity index (χ1v) is 7.04. The van der Waals surface area contributed by atoms with E-state index in [-0.39, 0.29) is 12.0 Å². The molecule has 1 aromatic rings. The van der Waals surface area contributed by atoms with Crippen LogP contribution in [0.15, 0.2) is 0 Å². The molecule has 5 nitrogen and oxygen atoms in total. The molecular formula is C13H22F3N5. The summed E-state index contributed by atoms with van der Waals surface area (Å²) in [5, 5.41) is 10.2. The second kappa shape index (κ2) is 5.57. The summed E-state index contributed by atoms with van der Waals surface area (Å²) < 4.78 is 39.5. The van der Waals surface area contributed by atoms with E-state index >= 15 is 0 Å². The Morgan fingerprint density at radius 2 is 1.90 bits per heavy atom. The van der Waals surface area contributed by atoms with Crippen molar-refractivity contribution in [1.82, 2.24) is 25.0 Å². The Bertz CT molecular complexity index is 494. The Hall–Kier alpha value is -1.15. The van der Waals surface area contributed by atoms with Crippen molar-refractivity contribution in [2.45, 2.75) is 46.1 Å². The van der Waals surface area contributed by atoms with Crippen LogP contribution in [-0.2, 0) is 19.3 Å². The second-order valence-electron chi connectivity index (χ2n) is 6.30. The van der Waals surface area contributed by atoms with E-state index in [2.05, 4.69) is 41.2 Å². The van der Waals surface area contributed by atoms with Gasteiger partial charge in [-0.3, -0.25) is 4.90 Å². The number of fused-ring (bicyclic) bond motifs is 1. The van der Waals surface area contributed by atoms with Gasteiger partial charge in [-0.2, -0.15) is 13.2 Å². The fourth-order valence-electron chi connectivity index (χ4n) is 2.66. The standard InChI is InChI=1S/C13H22F3N5/c1-9(17-4)12(2,3)8-20-5-6-21-10(7-20)18-19-11(21)13(14,15)16/h9,17H,5-8H2,1-4H3. The molecule has 0 spiro atoms. The number of halogens is 3. The van der Waals surface area contributed by atoms with E-state index in [0.29, 0.717) is 25.0 Å². The third kappa shape index (κ3) is 3.37. The number of alkyl halides is 3. The van der Waals surface area contributed by atoms with E-state index in [4.69, 9.17) is 0 Å². The van der Waals surface area contributed by atoms with Crippen LogP contribution in [0.25, 0.3) is 0 Å². The van der Waals surface area contributed by atoms with Gasteiger partial charge in [-0.05, 0) is 19.4 Å². The van der Waals surface area contributed by atoms with Crippen LogP contribution in [0.5, 0.6) is 0 Å². The van der Waals surface area contributed by atoms with Gasteiger partial charge in [-0.1, -0.05) is 13.8 Å². The average Bonchev–Trinajstić information content (AvgIpc) is 2.80. The number of aromatic nitrogens is 3. The van der Waals surface area contributed by atoms with E-state index in [0.717, 1.165) is 6.54 Å². The Labute approximate surface area is 122 Å². The van der Waals surface area contributed by atoms with Gasteiger partial charge >= 0.3 is 6.18 Å². The van der Waals surface area contributed by atoms with Gasteiger partial charge in [0, 0.05) is 25.7 Å². The van der Waals surface area contributed by atoms with Crippen LogP contribution >= 0.6 is 0 Å². The highest BCUT2D eigenvalue weighted by Crippen LogP contribution is 2.30. The molecule has 2 rings (SSSR count). The van der Waals surface area contributed by atoms with Gasteiger partial charge in [0.2, 0.25) is 5.82 Å². The second-order valence-corrected chi connectivity index (χ2v) is 6.30. The van der Waals surface area contributed by atoms with Gasteiger partial charge in [0.05, 0.1) is 6.54 Å². The van der Waals surface area contributed by atoms with Crippen molar-refractivity contribution in [2.24, 2.45) is 5.41 Å². The maximum absolute atomic E-state index is 12.8. The van der Waals surface area contributed by atoms with Crippen LogP contribution in [0.2, 0.25) is 0 Å². The summed E-state index contributed by atoms with van der Waals surface area (Å²) in [6.45, 7) is 8.46. The highest BCUT2D eigenvalue weighted by atomic mass is 19.4. The van der Waals surface area contributed by atoms with Crippen molar-refractivity contribution in [3.8, 4) is 0 Å². The molecule has 0 aromatic carbocycles. The Morgan fingerprint density at radius 1 is 1.24 bits per heavy atom. The zero-order chi connectivity index (χ0) is 15.8. The lowest BCUT2D eigenvalue weighted by atomic mass is 9.84. The quantitative estimate of drug-likeness (QED) is 0.920. The molecule has 0 bridgehead atoms. The predicted octanol–water partition coefficient (Wildman–Crippen LogP) is 1.75. The Balaban J connectivity index is 2.09. The molecule has 0 radical (unpaired) electrons. The molecule has 1 aromatic heterocycles. The van der Waals surface area contributed by atoms with Gasteiger partial charge < -0.3 is 9.88 Å². The molecule has 1 aliphatic rings. The minimum atomic E-state index is -4.44. The summed E-state index contributed by atoms with van der Waals surface area (Å²) in [6, 6.07) is 0.308. The largest absolute Gasteiger partial charge is 0.451 e. The lowest BCUT2D eigenvalue weighted by Gasteiger charge is -2.38. The molecular weight excluding hydrogens is 283 g/mol. The Morgan fingerprint density at radius 3 is 2.48 bits per heavy atom. The molecule has 0 saturated carbocycles. The third-order valence-electron chi connectivity index (χ3n) is 4.32. The molecule has 1 aliphatic heterocycles. The molecule has 0 saturated heterocycles. The predicted molar refractivity (Wildman–Crippen MR) is 72.6 cm³/mol. The molecule has 120 valence electrons. The highest BCUT2D eigenvalue weighted by Gasteiger charge is 2.40. The number of nitrogens with one attached hydrogen (secondary N) is 1. The molecule has 1 N–H and O–H groups in total. The van der Waals surface area contributed by atoms with Crippen molar-refractivity contribution < 1.29 is 13.2 Å². The molecule has 1 atom stereocenters. The lowest BCUT2D eigenvalue weighted by molar-refractivity contribution is -0.148. The van der Waals surface area contributed by atoms with Crippen molar-refractivity contribution in [2.75, 3.05) is 20.1 Å². The Kier molecular flexibility index (Phi) is 4.30. The van der Waals surface area contributed by atoms with Crippen molar-refractivity contribution in [1.29, 1.82) is 0 Å². The number of hydrogen-bond donors (Lipinski definition) is 1. The summed E-state index contributed by atoms with van der Waals surface area (Å²) in [4.78, 5) is 2.14. The summed E-state index contributed by atoms with van der Waals surface area (Å²) in [7, 11) is 1.91. The minimum absolute atomic E-state index is 0.0177. The van der Waals surface area contributed by atoms with Crippen LogP contribution in [0.3, 0.4) is 0 Å². The van der Waals surface area contributed by atoms with Crippen molar-refractivity contribution in [3.63, 3.8) is 0 Å². The van der Waals surface area contributed by atoms with E-state index in [9.17, 15) is 13.2 Å². The first-order chi connectivity index (χ1) is 9.65. The van der Waals surface area contributed by atoms with Gasteiger partial charge in [-0.25, -0.2) is 0 Å². The first kappa shape index (κ1) is 16.2. The topological polar surface area (TPSA) is 46.0 Å². The zero-order valence-electron chi connectivity index (χ0n) is 12.8. The molecule has 0 amide bonds. The first-order valence-electron chi connectivity index (χ1n) is 7.04. The van der Waals surface area contributed by atoms with E-state index in [1.165, 1.54) is 4.57 Å². The van der Waals surface area contributed by atoms with Crippen LogP contribution in [0, 0.1) is 5.41 Å². The number of hydrogen-bond acceptors (Lipinski definition) is 4. The average molecular weight is 305 g/mol. The van der Waals surface area contributed by atoms with Gasteiger partial charge in [0.1, 0.15) is 5.82 Å². The van der Waals surface area contributed by atoms with Crippen LogP contribution < -0.4 is 5.32 Å². The fourth-order valence-corrected chi connectivity index (χ4v) is 2.66. The van der Waals surface area contributed by atoms with Crippen molar-refractivity contribution in [3.05, 3.63) is 11.6 Å². The fraction of sp³-hybridized carbons (Fsp3) is 0.846.